The summed E-state index contributed by atoms with van der Waals surface area (Å²) in [6, 6.07) is 11.0. The molecule has 0 heterocycles. The Hall–Kier alpha value is -4.84. The van der Waals surface area contributed by atoms with Crippen molar-refractivity contribution in [3.05, 3.63) is 131 Å². The lowest BCUT2D eigenvalue weighted by atomic mass is 9.84. The molecule has 0 atom stereocenters. The molecule has 2 aromatic rings. The average Bonchev–Trinajstić information content (AvgIpc) is 2.92. The Kier molecular flexibility index (Phi) is 7.69. The van der Waals surface area contributed by atoms with Crippen molar-refractivity contribution in [2.24, 2.45) is 0 Å². The maximum Gasteiger partial charge on any atom is 0.185 e. The highest BCUT2D eigenvalue weighted by atomic mass is 16.5. The quantitative estimate of drug-likeness (QED) is 0.396. The zero-order chi connectivity index (χ0) is 28.2. The molecule has 0 radical (unpaired) electrons. The Balaban J connectivity index is 1.68. The van der Waals surface area contributed by atoms with E-state index in [0.717, 1.165) is 0 Å². The molecule has 0 N–H and O–H groups in total. The zero-order valence-corrected chi connectivity index (χ0v) is 22.0. The molecule has 3 aliphatic rings. The Morgan fingerprint density at radius 2 is 0.850 bits per heavy atom. The van der Waals surface area contributed by atoms with Gasteiger partial charge < -0.3 is 9.47 Å². The van der Waals surface area contributed by atoms with Gasteiger partial charge in [0.1, 0.15) is 24.7 Å². The molecular formula is C34H28O6. The number of fused-ring (bicyclic) bond motifs is 8. The normalized spacial score (nSPS) is 16.8. The van der Waals surface area contributed by atoms with Crippen molar-refractivity contribution in [1.82, 2.24) is 0 Å². The van der Waals surface area contributed by atoms with E-state index in [1.165, 1.54) is 24.3 Å². The molecule has 0 aromatic heterocycles. The smallest absolute Gasteiger partial charge is 0.185 e. The van der Waals surface area contributed by atoms with Crippen LogP contribution in [0.4, 0.5) is 0 Å². The highest BCUT2D eigenvalue weighted by molar-refractivity contribution is 6.21. The second-order valence-corrected chi connectivity index (χ2v) is 9.86. The van der Waals surface area contributed by atoms with Crippen LogP contribution in [-0.2, 0) is 44.9 Å². The molecule has 0 amide bonds. The van der Waals surface area contributed by atoms with Gasteiger partial charge in [-0.3, -0.25) is 19.2 Å². The maximum absolute atomic E-state index is 13.6. The third kappa shape index (κ3) is 5.47. The van der Waals surface area contributed by atoms with Gasteiger partial charge in [0.15, 0.2) is 23.1 Å². The number of rotatable bonds is 6. The Morgan fingerprint density at radius 1 is 0.550 bits per heavy atom. The number of Topliss-reactive ketones (excluding diaryl/α,β-unsaturated/α-hetero) is 2. The van der Waals surface area contributed by atoms with Crippen LogP contribution in [0.2, 0.25) is 0 Å². The van der Waals surface area contributed by atoms with Gasteiger partial charge in [-0.1, -0.05) is 61.7 Å². The molecule has 200 valence electrons. The van der Waals surface area contributed by atoms with Crippen LogP contribution in [-0.4, -0.2) is 36.3 Å². The summed E-state index contributed by atoms with van der Waals surface area (Å²) >= 11 is 0. The molecule has 0 aliphatic heterocycles. The summed E-state index contributed by atoms with van der Waals surface area (Å²) in [5, 5.41) is 0. The predicted octanol–water partition coefficient (Wildman–Crippen LogP) is 4.71. The summed E-state index contributed by atoms with van der Waals surface area (Å²) in [6.45, 7) is 7.88. The highest BCUT2D eigenvalue weighted by Crippen LogP contribution is 2.35. The number of carbonyl (C=O) groups is 4. The SMILES string of the molecule is C=CCOc1c2cccc1CC1=CC(=O)C=C(Cc3cccc(c3OCC=C)CC3=CC(=O)C=C(C2)C3=O)C1=O. The fourth-order valence-electron chi connectivity index (χ4n) is 5.28. The monoisotopic (exact) mass is 532 g/mol. The summed E-state index contributed by atoms with van der Waals surface area (Å²) < 4.78 is 12.1. The van der Waals surface area contributed by atoms with E-state index >= 15 is 0 Å². The molecule has 2 aromatic carbocycles. The average molecular weight is 533 g/mol. The summed E-state index contributed by atoms with van der Waals surface area (Å²) in [6.07, 6.45) is 9.35. The number of benzene rings is 2. The molecule has 8 bridgehead atoms. The number of carbonyl (C=O) groups excluding carboxylic acids is 4. The van der Waals surface area contributed by atoms with Gasteiger partial charge in [-0.2, -0.15) is 0 Å². The van der Waals surface area contributed by atoms with Gasteiger partial charge in [0.05, 0.1) is 0 Å². The van der Waals surface area contributed by atoms with Crippen LogP contribution >= 0.6 is 0 Å². The van der Waals surface area contributed by atoms with Crippen LogP contribution in [0.15, 0.2) is 108 Å². The van der Waals surface area contributed by atoms with E-state index in [9.17, 15) is 19.2 Å². The Bertz CT molecular complexity index is 1380. The number of hydrogen-bond acceptors (Lipinski definition) is 6. The molecule has 0 saturated heterocycles. The minimum Gasteiger partial charge on any atom is -0.489 e. The second-order valence-electron chi connectivity index (χ2n) is 9.86. The van der Waals surface area contributed by atoms with Crippen LogP contribution in [0.5, 0.6) is 11.5 Å². The number of allylic oxidation sites excluding steroid dienone is 8. The number of ketones is 4. The van der Waals surface area contributed by atoms with Gasteiger partial charge in [-0.25, -0.2) is 0 Å². The van der Waals surface area contributed by atoms with E-state index < -0.39 is 0 Å². The van der Waals surface area contributed by atoms with Crippen molar-refractivity contribution < 1.29 is 28.7 Å². The molecule has 0 spiro atoms. The molecule has 6 nitrogen and oxygen atoms in total. The molecule has 40 heavy (non-hydrogen) atoms. The Morgan fingerprint density at radius 3 is 1.12 bits per heavy atom. The maximum atomic E-state index is 13.6. The van der Waals surface area contributed by atoms with Crippen molar-refractivity contribution in [2.75, 3.05) is 13.2 Å². The largest absolute Gasteiger partial charge is 0.489 e. The van der Waals surface area contributed by atoms with Gasteiger partial charge in [-0.05, 0) is 46.6 Å². The predicted molar refractivity (Wildman–Crippen MR) is 151 cm³/mol. The van der Waals surface area contributed by atoms with Crippen LogP contribution < -0.4 is 9.47 Å². The standard InChI is InChI=1S/C34H28O6/c1-3-11-39-33-21-7-5-8-22(33)14-26-18-30(36)20-28(32(26)38)16-24-10-6-9-23(34(24)40-12-4-2)15-27-19-29(35)17-25(13-21)31(27)37/h3-10,17-20H,1-2,11-16H2. The number of hydrogen-bond donors (Lipinski definition) is 0. The van der Waals surface area contributed by atoms with E-state index in [4.69, 9.17) is 9.47 Å². The fraction of sp³-hybridized carbons (Fsp3) is 0.176. The third-order valence-electron chi connectivity index (χ3n) is 7.00. The van der Waals surface area contributed by atoms with Crippen molar-refractivity contribution >= 4 is 23.1 Å². The van der Waals surface area contributed by atoms with E-state index in [2.05, 4.69) is 13.2 Å². The second kappa shape index (κ2) is 11.5. The first kappa shape index (κ1) is 26.8. The van der Waals surface area contributed by atoms with E-state index in [0.29, 0.717) is 56.0 Å². The zero-order valence-electron chi connectivity index (χ0n) is 22.0. The minimum atomic E-state index is -0.255. The molecular weight excluding hydrogens is 504 g/mol. The first-order chi connectivity index (χ1) is 19.4. The van der Waals surface area contributed by atoms with Crippen molar-refractivity contribution in [1.29, 1.82) is 0 Å². The first-order valence-electron chi connectivity index (χ1n) is 13.1. The van der Waals surface area contributed by atoms with Crippen LogP contribution in [0.3, 0.4) is 0 Å². The Labute approximate surface area is 232 Å². The molecule has 0 unspecified atom stereocenters. The lowest BCUT2D eigenvalue weighted by Gasteiger charge is -2.22. The van der Waals surface area contributed by atoms with Gasteiger partial charge in [0.25, 0.3) is 0 Å². The van der Waals surface area contributed by atoms with E-state index in [1.54, 1.807) is 12.2 Å². The molecule has 0 fully saturated rings. The summed E-state index contributed by atoms with van der Waals surface area (Å²) in [5.41, 5.74) is 4.21. The van der Waals surface area contributed by atoms with Gasteiger partial charge in [0, 0.05) is 48.0 Å². The molecule has 6 heteroatoms. The summed E-state index contributed by atoms with van der Waals surface area (Å²) in [7, 11) is 0. The number of para-hydroxylation sites is 2. The number of ether oxygens (including phenoxy) is 2. The molecule has 0 saturated carbocycles. The highest BCUT2D eigenvalue weighted by Gasteiger charge is 2.28. The molecule has 3 aliphatic carbocycles. The van der Waals surface area contributed by atoms with E-state index in [-0.39, 0.29) is 62.0 Å². The molecule has 5 rings (SSSR count). The van der Waals surface area contributed by atoms with Crippen LogP contribution in [0, 0.1) is 0 Å². The fourth-order valence-corrected chi connectivity index (χ4v) is 5.28. The van der Waals surface area contributed by atoms with Crippen molar-refractivity contribution in [2.45, 2.75) is 25.7 Å². The topological polar surface area (TPSA) is 86.7 Å². The third-order valence-corrected chi connectivity index (χ3v) is 7.00. The van der Waals surface area contributed by atoms with Crippen LogP contribution in [0.25, 0.3) is 0 Å². The van der Waals surface area contributed by atoms with E-state index in [1.807, 2.05) is 36.4 Å². The minimum absolute atomic E-state index is 0.166. The van der Waals surface area contributed by atoms with Crippen molar-refractivity contribution in [3.8, 4) is 11.5 Å². The lowest BCUT2D eigenvalue weighted by molar-refractivity contribution is -0.115. The summed E-state index contributed by atoms with van der Waals surface area (Å²) in [4.78, 5) is 52.8. The van der Waals surface area contributed by atoms with Crippen molar-refractivity contribution in [3.63, 3.8) is 0 Å². The van der Waals surface area contributed by atoms with Gasteiger partial charge in [0.2, 0.25) is 0 Å². The van der Waals surface area contributed by atoms with Crippen LogP contribution in [0.1, 0.15) is 22.3 Å². The first-order valence-corrected chi connectivity index (χ1v) is 13.1. The van der Waals surface area contributed by atoms with Gasteiger partial charge >= 0.3 is 0 Å². The summed E-state index contributed by atoms with van der Waals surface area (Å²) in [5.74, 6) is 0.0802. The van der Waals surface area contributed by atoms with Gasteiger partial charge in [-0.15, -0.1) is 0 Å². The lowest BCUT2D eigenvalue weighted by Crippen LogP contribution is -2.20.